The smallest absolute Gasteiger partial charge is 0.264 e. The van der Waals surface area contributed by atoms with Gasteiger partial charge in [0.25, 0.3) is 10.0 Å². The Balaban J connectivity index is 1.77. The van der Waals surface area contributed by atoms with Crippen LogP contribution in [-0.4, -0.2) is 36.1 Å². The fourth-order valence-electron chi connectivity index (χ4n) is 3.42. The van der Waals surface area contributed by atoms with Crippen molar-refractivity contribution in [1.29, 1.82) is 0 Å². The summed E-state index contributed by atoms with van der Waals surface area (Å²) in [5, 5.41) is 5.18. The van der Waals surface area contributed by atoms with Gasteiger partial charge in [-0.05, 0) is 49.2 Å². The first-order valence-corrected chi connectivity index (χ1v) is 11.3. The van der Waals surface area contributed by atoms with Gasteiger partial charge in [-0.3, -0.25) is 4.31 Å². The number of nitrogens with two attached hydrogens (primary N) is 1. The molecule has 2 aromatic rings. The van der Waals surface area contributed by atoms with Crippen molar-refractivity contribution in [3.05, 3.63) is 42.0 Å². The molecule has 2 heterocycles. The number of fused-ring (bicyclic) bond motifs is 2. The monoisotopic (exact) mass is 410 g/mol. The number of hydrogen-bond donors (Lipinski definition) is 1. The number of sulfonamides is 2. The van der Waals surface area contributed by atoms with Gasteiger partial charge in [0.05, 0.1) is 15.5 Å². The maximum Gasteiger partial charge on any atom is 0.264 e. The second-order valence-electron chi connectivity index (χ2n) is 6.50. The maximum atomic E-state index is 13.3. The van der Waals surface area contributed by atoms with E-state index in [1.54, 1.807) is 13.0 Å². The Morgan fingerprint density at radius 2 is 1.63 bits per heavy atom. The lowest BCUT2D eigenvalue weighted by Crippen LogP contribution is -2.35. The largest absolute Gasteiger partial charge is 0.486 e. The fourth-order valence-corrected chi connectivity index (χ4v) is 5.69. The number of rotatable bonds is 3. The third-order valence-electron chi connectivity index (χ3n) is 4.60. The maximum absolute atomic E-state index is 13.3. The summed E-state index contributed by atoms with van der Waals surface area (Å²) in [6.45, 7) is 2.55. The van der Waals surface area contributed by atoms with Gasteiger partial charge in [-0.2, -0.15) is 0 Å². The molecule has 1 atom stereocenters. The predicted molar refractivity (Wildman–Crippen MR) is 98.1 cm³/mol. The van der Waals surface area contributed by atoms with Gasteiger partial charge >= 0.3 is 0 Å². The Hall–Kier alpha value is -2.30. The van der Waals surface area contributed by atoms with Crippen LogP contribution in [0.15, 0.2) is 46.2 Å². The number of anilines is 1. The van der Waals surface area contributed by atoms with Gasteiger partial charge in [-0.15, -0.1) is 0 Å². The Labute approximate surface area is 157 Å². The van der Waals surface area contributed by atoms with E-state index >= 15 is 0 Å². The van der Waals surface area contributed by atoms with Crippen molar-refractivity contribution < 1.29 is 26.3 Å². The van der Waals surface area contributed by atoms with Crippen LogP contribution in [-0.2, 0) is 26.5 Å². The molecule has 27 heavy (non-hydrogen) atoms. The van der Waals surface area contributed by atoms with E-state index in [-0.39, 0.29) is 15.8 Å². The van der Waals surface area contributed by atoms with Crippen LogP contribution in [0.3, 0.4) is 0 Å². The first kappa shape index (κ1) is 18.1. The van der Waals surface area contributed by atoms with Crippen LogP contribution in [0.5, 0.6) is 11.5 Å². The number of benzene rings is 2. The van der Waals surface area contributed by atoms with Crippen molar-refractivity contribution in [3.63, 3.8) is 0 Å². The highest BCUT2D eigenvalue weighted by atomic mass is 32.2. The molecule has 2 aliphatic rings. The van der Waals surface area contributed by atoms with Gasteiger partial charge in [-0.25, -0.2) is 22.0 Å². The van der Waals surface area contributed by atoms with Gasteiger partial charge < -0.3 is 9.47 Å². The first-order chi connectivity index (χ1) is 12.7. The van der Waals surface area contributed by atoms with Crippen LogP contribution in [0.1, 0.15) is 12.5 Å². The third kappa shape index (κ3) is 3.03. The molecule has 0 bridgehead atoms. The van der Waals surface area contributed by atoms with Crippen molar-refractivity contribution in [1.82, 2.24) is 0 Å². The van der Waals surface area contributed by atoms with Crippen LogP contribution in [0.2, 0.25) is 0 Å². The molecule has 0 saturated carbocycles. The van der Waals surface area contributed by atoms with Crippen LogP contribution >= 0.6 is 0 Å². The molecule has 0 aromatic heterocycles. The molecule has 2 N–H and O–H groups in total. The van der Waals surface area contributed by atoms with E-state index in [0.717, 1.165) is 0 Å². The molecule has 0 aliphatic carbocycles. The van der Waals surface area contributed by atoms with E-state index in [2.05, 4.69) is 0 Å². The van der Waals surface area contributed by atoms with E-state index in [4.69, 9.17) is 14.6 Å². The number of ether oxygens (including phenoxy) is 2. The minimum Gasteiger partial charge on any atom is -0.486 e. The van der Waals surface area contributed by atoms with Gasteiger partial charge in [0.2, 0.25) is 10.0 Å². The van der Waals surface area contributed by atoms with Crippen LogP contribution in [0, 0.1) is 0 Å². The van der Waals surface area contributed by atoms with Gasteiger partial charge in [0.15, 0.2) is 11.5 Å². The minimum absolute atomic E-state index is 0.0352. The average molecular weight is 410 g/mol. The lowest BCUT2D eigenvalue weighted by atomic mass is 10.1. The molecule has 4 rings (SSSR count). The quantitative estimate of drug-likeness (QED) is 0.814. The van der Waals surface area contributed by atoms with E-state index in [1.165, 1.54) is 34.6 Å². The summed E-state index contributed by atoms with van der Waals surface area (Å²) >= 11 is 0. The second kappa shape index (κ2) is 6.11. The Morgan fingerprint density at radius 3 is 2.33 bits per heavy atom. The highest BCUT2D eigenvalue weighted by Gasteiger charge is 2.37. The zero-order valence-electron chi connectivity index (χ0n) is 14.5. The summed E-state index contributed by atoms with van der Waals surface area (Å²) < 4.78 is 61.9. The van der Waals surface area contributed by atoms with Crippen molar-refractivity contribution >= 4 is 25.7 Å². The summed E-state index contributed by atoms with van der Waals surface area (Å²) in [6, 6.07) is 8.37. The van der Waals surface area contributed by atoms with E-state index < -0.39 is 20.0 Å². The normalized spacial score (nSPS) is 19.0. The summed E-state index contributed by atoms with van der Waals surface area (Å²) in [5.74, 6) is 0.895. The number of primary sulfonamides is 1. The Kier molecular flexibility index (Phi) is 4.09. The predicted octanol–water partition coefficient (Wildman–Crippen LogP) is 1.25. The van der Waals surface area contributed by atoms with Crippen LogP contribution in [0.25, 0.3) is 0 Å². The molecule has 0 spiro atoms. The third-order valence-corrected chi connectivity index (χ3v) is 7.44. The summed E-state index contributed by atoms with van der Waals surface area (Å²) in [4.78, 5) is 0.0500. The highest BCUT2D eigenvalue weighted by molar-refractivity contribution is 7.93. The first-order valence-electron chi connectivity index (χ1n) is 8.28. The molecule has 2 aliphatic heterocycles. The molecular weight excluding hydrogens is 392 g/mol. The molecule has 144 valence electrons. The molecule has 2 aromatic carbocycles. The lowest BCUT2D eigenvalue weighted by molar-refractivity contribution is 0.171. The van der Waals surface area contributed by atoms with E-state index in [1.807, 2.05) is 0 Å². The second-order valence-corrected chi connectivity index (χ2v) is 9.87. The number of hydrogen-bond acceptors (Lipinski definition) is 6. The van der Waals surface area contributed by atoms with Crippen LogP contribution in [0.4, 0.5) is 5.69 Å². The fraction of sp³-hybridized carbons (Fsp3) is 0.294. The van der Waals surface area contributed by atoms with Gasteiger partial charge in [0.1, 0.15) is 13.2 Å². The van der Waals surface area contributed by atoms with Crippen molar-refractivity contribution in [2.75, 3.05) is 17.5 Å². The highest BCUT2D eigenvalue weighted by Crippen LogP contribution is 2.39. The van der Waals surface area contributed by atoms with Crippen molar-refractivity contribution in [3.8, 4) is 11.5 Å². The Bertz CT molecular complexity index is 1130. The molecule has 0 amide bonds. The van der Waals surface area contributed by atoms with Gasteiger partial charge in [0, 0.05) is 12.1 Å². The molecule has 8 nitrogen and oxygen atoms in total. The topological polar surface area (TPSA) is 116 Å². The van der Waals surface area contributed by atoms with Crippen molar-refractivity contribution in [2.45, 2.75) is 29.2 Å². The molecule has 0 fully saturated rings. The molecule has 0 radical (unpaired) electrons. The zero-order valence-corrected chi connectivity index (χ0v) is 16.1. The van der Waals surface area contributed by atoms with Crippen molar-refractivity contribution in [2.24, 2.45) is 5.14 Å². The standard InChI is InChI=1S/C17H18N2O6S2/c1-11-8-12-9-13(26(18,20)21)2-4-15(12)19(11)27(22,23)14-3-5-16-17(10-14)25-7-6-24-16/h2-5,9-11H,6-8H2,1H3,(H2,18,20,21)/t11-/m1/s1. The summed E-state index contributed by atoms with van der Waals surface area (Å²) in [7, 11) is -7.72. The number of nitrogens with zero attached hydrogens (tertiary/aromatic N) is 1. The Morgan fingerprint density at radius 1 is 0.963 bits per heavy atom. The van der Waals surface area contributed by atoms with E-state index in [0.29, 0.717) is 42.4 Å². The molecule has 0 saturated heterocycles. The van der Waals surface area contributed by atoms with Gasteiger partial charge in [-0.1, -0.05) is 0 Å². The zero-order chi connectivity index (χ0) is 19.4. The SMILES string of the molecule is C[C@@H]1Cc2cc(S(N)(=O)=O)ccc2N1S(=O)(=O)c1ccc2c(c1)OCCO2. The molecule has 10 heteroatoms. The molecular formula is C17H18N2O6S2. The summed E-state index contributed by atoms with van der Waals surface area (Å²) in [5.41, 5.74) is 1.07. The van der Waals surface area contributed by atoms with E-state index in [9.17, 15) is 16.8 Å². The summed E-state index contributed by atoms with van der Waals surface area (Å²) in [6.07, 6.45) is 0.391. The van der Waals surface area contributed by atoms with Crippen LogP contribution < -0.4 is 18.9 Å². The lowest BCUT2D eigenvalue weighted by Gasteiger charge is -2.25. The minimum atomic E-state index is -3.87. The molecule has 0 unspecified atom stereocenters. The average Bonchev–Trinajstić information content (AvgIpc) is 2.96.